The lowest BCUT2D eigenvalue weighted by Gasteiger charge is -2.07. The molecule has 0 amide bonds. The number of anilines is 1. The molecular formula is C18H21N5O3S. The zero-order valence-corrected chi connectivity index (χ0v) is 16.0. The van der Waals surface area contributed by atoms with Crippen molar-refractivity contribution in [2.45, 2.75) is 18.7 Å². The summed E-state index contributed by atoms with van der Waals surface area (Å²) >= 11 is 0. The Labute approximate surface area is 157 Å². The predicted molar refractivity (Wildman–Crippen MR) is 106 cm³/mol. The lowest BCUT2D eigenvalue weighted by Crippen LogP contribution is -2.25. The van der Waals surface area contributed by atoms with Crippen LogP contribution in [0.2, 0.25) is 0 Å². The van der Waals surface area contributed by atoms with Gasteiger partial charge in [0.2, 0.25) is 11.9 Å². The summed E-state index contributed by atoms with van der Waals surface area (Å²) in [6.45, 7) is 3.71. The van der Waals surface area contributed by atoms with E-state index in [1.165, 1.54) is 12.1 Å². The summed E-state index contributed by atoms with van der Waals surface area (Å²) in [6.07, 6.45) is 0. The predicted octanol–water partition coefficient (Wildman–Crippen LogP) is 1.97. The van der Waals surface area contributed by atoms with Gasteiger partial charge in [-0.1, -0.05) is 35.9 Å². The molecule has 0 saturated carbocycles. The minimum atomic E-state index is -3.90. The summed E-state index contributed by atoms with van der Waals surface area (Å²) in [4.78, 5) is 8.66. The molecule has 4 N–H and O–H groups in total. The first kappa shape index (κ1) is 20.3. The number of rotatable bonds is 3. The lowest BCUT2D eigenvalue weighted by atomic mass is 10.2. The molecule has 3 rings (SSSR count). The number of para-hydroxylation sites is 1. The number of nitrogens with two attached hydrogens (primary N) is 1. The molecule has 0 radical (unpaired) electrons. The molecule has 0 bridgehead atoms. The first-order chi connectivity index (χ1) is 12.8. The highest BCUT2D eigenvalue weighted by Crippen LogP contribution is 2.17. The SMILES string of the molecule is CO.Cc1ccc(S(=O)(=O)/N=C(\N)Nc2nc(C)c3ccccc3n2)cc1. The summed E-state index contributed by atoms with van der Waals surface area (Å²) in [5.41, 5.74) is 8.17. The molecule has 0 fully saturated rings. The molecule has 0 aliphatic carbocycles. The number of benzene rings is 2. The number of nitrogens with zero attached hydrogens (tertiary/aromatic N) is 3. The van der Waals surface area contributed by atoms with Crippen LogP contribution in [0.25, 0.3) is 10.9 Å². The fourth-order valence-corrected chi connectivity index (χ4v) is 3.21. The maximum Gasteiger partial charge on any atom is 0.285 e. The Kier molecular flexibility index (Phi) is 6.43. The molecule has 8 nitrogen and oxygen atoms in total. The standard InChI is InChI=1S/C17H17N5O2S.CH4O/c1-11-7-9-13(10-8-11)25(23,24)22-16(18)21-17-19-12(2)14-5-3-4-6-15(14)20-17;1-2/h3-10H,1-2H3,(H3,18,19,20,21,22);2H,1H3. The van der Waals surface area contributed by atoms with Gasteiger partial charge in [-0.2, -0.15) is 8.42 Å². The molecule has 1 aromatic heterocycles. The second kappa shape index (κ2) is 8.56. The zero-order chi connectivity index (χ0) is 20.0. The molecule has 0 unspecified atom stereocenters. The van der Waals surface area contributed by atoms with Crippen molar-refractivity contribution in [1.29, 1.82) is 0 Å². The topological polar surface area (TPSA) is 131 Å². The first-order valence-corrected chi connectivity index (χ1v) is 9.41. The molecule has 0 saturated heterocycles. The van der Waals surface area contributed by atoms with Crippen LogP contribution in [0.15, 0.2) is 57.8 Å². The molecule has 1 heterocycles. The van der Waals surface area contributed by atoms with Gasteiger partial charge in [0, 0.05) is 12.5 Å². The smallest absolute Gasteiger partial charge is 0.285 e. The number of nitrogens with one attached hydrogen (secondary N) is 1. The van der Waals surface area contributed by atoms with Crippen molar-refractivity contribution in [3.05, 3.63) is 59.8 Å². The van der Waals surface area contributed by atoms with E-state index in [0.717, 1.165) is 29.3 Å². The fraction of sp³-hybridized carbons (Fsp3) is 0.167. The summed E-state index contributed by atoms with van der Waals surface area (Å²) in [6, 6.07) is 13.9. The van der Waals surface area contributed by atoms with Crippen molar-refractivity contribution >= 4 is 32.8 Å². The van der Waals surface area contributed by atoms with Gasteiger partial charge in [-0.05, 0) is 32.0 Å². The van der Waals surface area contributed by atoms with Crippen LogP contribution >= 0.6 is 0 Å². The molecule has 2 aromatic carbocycles. The maximum absolute atomic E-state index is 12.3. The van der Waals surface area contributed by atoms with Crippen LogP contribution in [0, 0.1) is 13.8 Å². The lowest BCUT2D eigenvalue weighted by molar-refractivity contribution is 0.399. The van der Waals surface area contributed by atoms with E-state index in [1.807, 2.05) is 38.1 Å². The van der Waals surface area contributed by atoms with E-state index in [4.69, 9.17) is 10.8 Å². The van der Waals surface area contributed by atoms with E-state index in [2.05, 4.69) is 19.7 Å². The van der Waals surface area contributed by atoms with Crippen LogP contribution in [-0.4, -0.2) is 36.6 Å². The fourth-order valence-electron chi connectivity index (χ4n) is 2.32. The van der Waals surface area contributed by atoms with E-state index < -0.39 is 10.0 Å². The van der Waals surface area contributed by atoms with Crippen molar-refractivity contribution in [2.24, 2.45) is 10.1 Å². The average molecular weight is 387 g/mol. The van der Waals surface area contributed by atoms with Gasteiger partial charge in [-0.25, -0.2) is 9.97 Å². The number of hydrogen-bond donors (Lipinski definition) is 3. The Hall–Kier alpha value is -3.04. The highest BCUT2D eigenvalue weighted by Gasteiger charge is 2.14. The summed E-state index contributed by atoms with van der Waals surface area (Å²) in [5, 5.41) is 10.6. The third kappa shape index (κ3) is 4.99. The van der Waals surface area contributed by atoms with E-state index in [-0.39, 0.29) is 16.8 Å². The molecule has 9 heteroatoms. The largest absolute Gasteiger partial charge is 0.400 e. The van der Waals surface area contributed by atoms with E-state index in [0.29, 0.717) is 0 Å². The summed E-state index contributed by atoms with van der Waals surface area (Å²) in [7, 11) is -2.90. The monoisotopic (exact) mass is 387 g/mol. The van der Waals surface area contributed by atoms with Gasteiger partial charge in [-0.3, -0.25) is 5.32 Å². The number of guanidine groups is 1. The number of fused-ring (bicyclic) bond motifs is 1. The minimum absolute atomic E-state index is 0.0680. The van der Waals surface area contributed by atoms with Crippen LogP contribution < -0.4 is 11.1 Å². The van der Waals surface area contributed by atoms with Gasteiger partial charge >= 0.3 is 0 Å². The molecule has 142 valence electrons. The van der Waals surface area contributed by atoms with Crippen LogP contribution in [0.1, 0.15) is 11.3 Å². The van der Waals surface area contributed by atoms with E-state index >= 15 is 0 Å². The summed E-state index contributed by atoms with van der Waals surface area (Å²) in [5.74, 6) is -0.105. The van der Waals surface area contributed by atoms with Gasteiger partial charge in [0.05, 0.1) is 16.1 Å². The average Bonchev–Trinajstić information content (AvgIpc) is 2.63. The second-order valence-electron chi connectivity index (χ2n) is 5.54. The van der Waals surface area contributed by atoms with Crippen LogP contribution in [0.3, 0.4) is 0 Å². The number of aliphatic hydroxyl groups excluding tert-OH is 1. The zero-order valence-electron chi connectivity index (χ0n) is 15.2. The van der Waals surface area contributed by atoms with Gasteiger partial charge < -0.3 is 10.8 Å². The third-order valence-corrected chi connectivity index (χ3v) is 4.88. The van der Waals surface area contributed by atoms with Crippen LogP contribution in [0.4, 0.5) is 5.95 Å². The second-order valence-corrected chi connectivity index (χ2v) is 7.14. The van der Waals surface area contributed by atoms with Crippen molar-refractivity contribution in [2.75, 3.05) is 12.4 Å². The molecule has 0 aliphatic heterocycles. The highest BCUT2D eigenvalue weighted by atomic mass is 32.2. The number of aryl methyl sites for hydroxylation is 2. The minimum Gasteiger partial charge on any atom is -0.400 e. The Morgan fingerprint density at radius 2 is 1.67 bits per heavy atom. The van der Waals surface area contributed by atoms with Crippen molar-refractivity contribution in [3.63, 3.8) is 0 Å². The van der Waals surface area contributed by atoms with Crippen molar-refractivity contribution < 1.29 is 13.5 Å². The third-order valence-electron chi connectivity index (χ3n) is 3.57. The van der Waals surface area contributed by atoms with Crippen LogP contribution in [-0.2, 0) is 10.0 Å². The van der Waals surface area contributed by atoms with E-state index in [9.17, 15) is 8.42 Å². The van der Waals surface area contributed by atoms with Crippen molar-refractivity contribution in [3.8, 4) is 0 Å². The summed E-state index contributed by atoms with van der Waals surface area (Å²) < 4.78 is 28.1. The van der Waals surface area contributed by atoms with Crippen molar-refractivity contribution in [1.82, 2.24) is 9.97 Å². The van der Waals surface area contributed by atoms with Crippen LogP contribution in [0.5, 0.6) is 0 Å². The molecular weight excluding hydrogens is 366 g/mol. The molecule has 0 aliphatic rings. The normalized spacial score (nSPS) is 11.6. The Balaban J connectivity index is 0.00000126. The van der Waals surface area contributed by atoms with Gasteiger partial charge in [0.1, 0.15) is 0 Å². The molecule has 0 spiro atoms. The molecule has 3 aromatic rings. The Morgan fingerprint density at radius 1 is 1.04 bits per heavy atom. The van der Waals surface area contributed by atoms with Gasteiger partial charge in [-0.15, -0.1) is 4.40 Å². The highest BCUT2D eigenvalue weighted by molar-refractivity contribution is 7.90. The number of aliphatic hydroxyl groups is 1. The number of hydrogen-bond acceptors (Lipinski definition) is 5. The van der Waals surface area contributed by atoms with Gasteiger partial charge in [0.15, 0.2) is 0 Å². The Morgan fingerprint density at radius 3 is 2.33 bits per heavy atom. The van der Waals surface area contributed by atoms with Gasteiger partial charge in [0.25, 0.3) is 10.0 Å². The molecule has 0 atom stereocenters. The first-order valence-electron chi connectivity index (χ1n) is 7.97. The number of sulfonamides is 1. The van der Waals surface area contributed by atoms with E-state index in [1.54, 1.807) is 12.1 Å². The molecule has 27 heavy (non-hydrogen) atoms. The number of aromatic nitrogens is 2. The Bertz CT molecular complexity index is 1060. The maximum atomic E-state index is 12.3. The quantitative estimate of drug-likeness (QED) is 0.462.